The predicted octanol–water partition coefficient (Wildman–Crippen LogP) is 4.70. The van der Waals surface area contributed by atoms with E-state index in [4.69, 9.17) is 4.74 Å². The van der Waals surface area contributed by atoms with Gasteiger partial charge in [-0.3, -0.25) is 4.79 Å². The van der Waals surface area contributed by atoms with Crippen LogP contribution >= 0.6 is 11.3 Å². The average Bonchev–Trinajstić information content (AvgIpc) is 3.09. The molecule has 0 fully saturated rings. The zero-order valence-corrected chi connectivity index (χ0v) is 16.3. The first-order chi connectivity index (χ1) is 12.2. The molecule has 0 saturated carbocycles. The molecule has 2 heterocycles. The summed E-state index contributed by atoms with van der Waals surface area (Å²) in [4.78, 5) is 13.4. The largest absolute Gasteiger partial charge is 0.380 e. The van der Waals surface area contributed by atoms with Gasteiger partial charge in [0.25, 0.3) is 5.91 Å². The number of hydrogen-bond donors (Lipinski definition) is 1. The van der Waals surface area contributed by atoms with Gasteiger partial charge in [-0.05, 0) is 39.8 Å². The van der Waals surface area contributed by atoms with Crippen LogP contribution in [0.2, 0.25) is 0 Å². The molecule has 0 aliphatic heterocycles. The van der Waals surface area contributed by atoms with Crippen LogP contribution in [-0.2, 0) is 16.9 Å². The number of amides is 1. The van der Waals surface area contributed by atoms with Gasteiger partial charge in [-0.2, -0.15) is 5.10 Å². The normalized spacial score (nSPS) is 11.9. The molecule has 0 saturated heterocycles. The lowest BCUT2D eigenvalue weighted by Gasteiger charge is -2.22. The molecule has 2 aromatic heterocycles. The van der Waals surface area contributed by atoms with Crippen LogP contribution in [-0.4, -0.2) is 22.8 Å². The highest BCUT2D eigenvalue weighted by Crippen LogP contribution is 2.34. The van der Waals surface area contributed by atoms with Crippen LogP contribution in [0.1, 0.15) is 41.7 Å². The van der Waals surface area contributed by atoms with Crippen molar-refractivity contribution in [3.05, 3.63) is 46.2 Å². The molecule has 0 atom stereocenters. The van der Waals surface area contributed by atoms with Crippen molar-refractivity contribution in [2.24, 2.45) is 0 Å². The second kappa shape index (κ2) is 6.81. The fraction of sp³-hybridized carbons (Fsp3) is 0.368. The van der Waals surface area contributed by atoms with Gasteiger partial charge in [0.1, 0.15) is 11.6 Å². The molecule has 0 spiro atoms. The third kappa shape index (κ3) is 3.37. The molecule has 0 aliphatic rings. The zero-order valence-electron chi connectivity index (χ0n) is 15.5. The van der Waals surface area contributed by atoms with Crippen LogP contribution in [0.4, 0.5) is 10.2 Å². The van der Waals surface area contributed by atoms with E-state index in [1.54, 1.807) is 10.7 Å². The molecule has 0 radical (unpaired) electrons. The summed E-state index contributed by atoms with van der Waals surface area (Å²) in [5.41, 5.74) is 1.11. The van der Waals surface area contributed by atoms with Gasteiger partial charge in [0.15, 0.2) is 0 Å². The van der Waals surface area contributed by atoms with Crippen molar-refractivity contribution in [3.63, 3.8) is 0 Å². The molecule has 7 heteroatoms. The van der Waals surface area contributed by atoms with Gasteiger partial charge in [-0.1, -0.05) is 6.07 Å². The Hall–Kier alpha value is -2.25. The third-order valence-corrected chi connectivity index (χ3v) is 5.16. The maximum absolute atomic E-state index is 14.3. The third-order valence-electron chi connectivity index (χ3n) is 3.97. The highest BCUT2D eigenvalue weighted by molar-refractivity contribution is 7.21. The molecule has 0 unspecified atom stereocenters. The lowest BCUT2D eigenvalue weighted by molar-refractivity contribution is 0.102. The van der Waals surface area contributed by atoms with Crippen LogP contribution in [0.15, 0.2) is 24.3 Å². The lowest BCUT2D eigenvalue weighted by Crippen LogP contribution is -2.26. The smallest absolute Gasteiger partial charge is 0.267 e. The maximum Gasteiger partial charge on any atom is 0.267 e. The van der Waals surface area contributed by atoms with Crippen molar-refractivity contribution in [1.29, 1.82) is 0 Å². The molecule has 138 valence electrons. The molecular formula is C19H22FN3O2S. The Labute approximate surface area is 155 Å². The van der Waals surface area contributed by atoms with Crippen molar-refractivity contribution in [2.75, 3.05) is 12.4 Å². The van der Waals surface area contributed by atoms with E-state index < -0.39 is 0 Å². The van der Waals surface area contributed by atoms with Crippen LogP contribution in [0.3, 0.4) is 0 Å². The van der Waals surface area contributed by atoms with Gasteiger partial charge in [0, 0.05) is 28.8 Å². The van der Waals surface area contributed by atoms with Gasteiger partial charge in [0.05, 0.1) is 22.7 Å². The number of aromatic nitrogens is 2. The fourth-order valence-electron chi connectivity index (χ4n) is 2.91. The molecule has 1 N–H and O–H groups in total. The van der Waals surface area contributed by atoms with Crippen LogP contribution in [0.5, 0.6) is 0 Å². The number of anilines is 1. The Morgan fingerprint density at radius 1 is 1.38 bits per heavy atom. The Kier molecular flexibility index (Phi) is 4.86. The summed E-state index contributed by atoms with van der Waals surface area (Å²) in [6, 6.07) is 6.67. The standard InChI is InChI=1S/C19H22FN3O2S/c1-11-9-15(23(22-11)19(2,3)4)21-18(24)17-12(10-25-5)16-13(20)7-6-8-14(16)26-17/h6-9H,10H2,1-5H3,(H,21,24). The van der Waals surface area contributed by atoms with Gasteiger partial charge < -0.3 is 10.1 Å². The van der Waals surface area contributed by atoms with Crippen molar-refractivity contribution in [3.8, 4) is 0 Å². The molecule has 3 aromatic rings. The molecule has 26 heavy (non-hydrogen) atoms. The zero-order chi connectivity index (χ0) is 19.1. The summed E-state index contributed by atoms with van der Waals surface area (Å²) in [5.74, 6) is -0.0234. The Balaban J connectivity index is 2.04. The Morgan fingerprint density at radius 2 is 2.12 bits per heavy atom. The Bertz CT molecular complexity index is 969. The number of benzene rings is 1. The van der Waals surface area contributed by atoms with E-state index in [1.807, 2.05) is 39.8 Å². The number of hydrogen-bond acceptors (Lipinski definition) is 4. The molecule has 1 amide bonds. The van der Waals surface area contributed by atoms with Crippen molar-refractivity contribution in [2.45, 2.75) is 39.8 Å². The first-order valence-corrected chi connectivity index (χ1v) is 9.11. The first-order valence-electron chi connectivity index (χ1n) is 8.29. The molecule has 1 aromatic carbocycles. The van der Waals surface area contributed by atoms with E-state index in [-0.39, 0.29) is 23.9 Å². The second-order valence-electron chi connectivity index (χ2n) is 7.16. The number of nitrogens with zero attached hydrogens (tertiary/aromatic N) is 2. The minimum atomic E-state index is -0.347. The van der Waals surface area contributed by atoms with Crippen molar-refractivity contribution >= 4 is 33.1 Å². The van der Waals surface area contributed by atoms with E-state index >= 15 is 0 Å². The van der Waals surface area contributed by atoms with E-state index in [0.29, 0.717) is 21.6 Å². The topological polar surface area (TPSA) is 56.1 Å². The monoisotopic (exact) mass is 375 g/mol. The number of methoxy groups -OCH3 is 1. The number of rotatable bonds is 4. The van der Waals surface area contributed by atoms with E-state index in [9.17, 15) is 9.18 Å². The average molecular weight is 375 g/mol. The number of thiophene rings is 1. The summed E-state index contributed by atoms with van der Waals surface area (Å²) >= 11 is 1.26. The van der Waals surface area contributed by atoms with Crippen molar-refractivity contribution in [1.82, 2.24) is 9.78 Å². The minimum Gasteiger partial charge on any atom is -0.380 e. The van der Waals surface area contributed by atoms with Crippen LogP contribution < -0.4 is 5.32 Å². The van der Waals surface area contributed by atoms with Gasteiger partial charge >= 0.3 is 0 Å². The highest BCUT2D eigenvalue weighted by atomic mass is 32.1. The first kappa shape index (κ1) is 18.5. The Morgan fingerprint density at radius 3 is 2.77 bits per heavy atom. The molecule has 3 rings (SSSR count). The fourth-order valence-corrected chi connectivity index (χ4v) is 4.02. The quantitative estimate of drug-likeness (QED) is 0.719. The van der Waals surface area contributed by atoms with Crippen molar-refractivity contribution < 1.29 is 13.9 Å². The van der Waals surface area contributed by atoms with Gasteiger partial charge in [0.2, 0.25) is 0 Å². The van der Waals surface area contributed by atoms with Crippen LogP contribution in [0.25, 0.3) is 10.1 Å². The highest BCUT2D eigenvalue weighted by Gasteiger charge is 2.24. The number of ether oxygens (including phenoxy) is 1. The summed E-state index contributed by atoms with van der Waals surface area (Å²) in [5, 5.41) is 7.84. The van der Waals surface area contributed by atoms with E-state index in [0.717, 1.165) is 10.4 Å². The lowest BCUT2D eigenvalue weighted by atomic mass is 10.1. The number of fused-ring (bicyclic) bond motifs is 1. The number of carbonyl (C=O) groups is 1. The summed E-state index contributed by atoms with van der Waals surface area (Å²) in [6.07, 6.45) is 0. The van der Waals surface area contributed by atoms with E-state index in [1.165, 1.54) is 24.5 Å². The number of carbonyl (C=O) groups excluding carboxylic acids is 1. The maximum atomic E-state index is 14.3. The van der Waals surface area contributed by atoms with Gasteiger partial charge in [-0.25, -0.2) is 9.07 Å². The van der Waals surface area contributed by atoms with Gasteiger partial charge in [-0.15, -0.1) is 11.3 Å². The molecule has 5 nitrogen and oxygen atoms in total. The number of halogens is 1. The molecule has 0 bridgehead atoms. The SMILES string of the molecule is COCc1c(C(=O)Nc2cc(C)nn2C(C)(C)C)sc2cccc(F)c12. The summed E-state index contributed by atoms with van der Waals surface area (Å²) in [7, 11) is 1.53. The molecular weight excluding hydrogens is 353 g/mol. The number of nitrogens with one attached hydrogen (secondary N) is 1. The minimum absolute atomic E-state index is 0.168. The molecule has 0 aliphatic carbocycles. The summed E-state index contributed by atoms with van der Waals surface area (Å²) < 4.78 is 22.0. The second-order valence-corrected chi connectivity index (χ2v) is 8.22. The van der Waals surface area contributed by atoms with E-state index in [2.05, 4.69) is 10.4 Å². The summed E-state index contributed by atoms with van der Waals surface area (Å²) in [6.45, 7) is 8.09. The predicted molar refractivity (Wildman–Crippen MR) is 102 cm³/mol. The number of aryl methyl sites for hydroxylation is 1. The van der Waals surface area contributed by atoms with Crippen LogP contribution in [0, 0.1) is 12.7 Å².